The molecule has 1 amide bonds. The van der Waals surface area contributed by atoms with E-state index in [-0.39, 0.29) is 5.69 Å². The average molecular weight is 273 g/mol. The zero-order chi connectivity index (χ0) is 13.9. The normalized spacial score (nSPS) is 13.7. The Labute approximate surface area is 109 Å². The molecule has 0 aliphatic carbocycles. The first-order valence-corrected chi connectivity index (χ1v) is 5.63. The molecule has 0 bridgehead atoms. The average Bonchev–Trinajstić information content (AvgIpc) is 2.27. The number of halogens is 1. The number of nitrogens with one attached hydrogen (secondary N) is 1. The molecule has 0 radical (unpaired) electrons. The molecule has 1 rings (SSSR count). The molecule has 98 valence electrons. The minimum Gasteiger partial charge on any atom is -0.465 e. The molecule has 1 unspecified atom stereocenters. The highest BCUT2D eigenvalue weighted by Crippen LogP contribution is 2.33. The lowest BCUT2D eigenvalue weighted by molar-refractivity contribution is -0.384. The van der Waals surface area contributed by atoms with Crippen molar-refractivity contribution in [1.29, 1.82) is 0 Å². The lowest BCUT2D eigenvalue weighted by Crippen LogP contribution is -2.40. The van der Waals surface area contributed by atoms with Gasteiger partial charge in [-0.25, -0.2) is 4.79 Å². The molecular formula is C11H13ClN2O4. The molecule has 0 aliphatic heterocycles. The number of alkyl halides is 1. The van der Waals surface area contributed by atoms with Crippen LogP contribution in [0.4, 0.5) is 10.5 Å². The van der Waals surface area contributed by atoms with Crippen LogP contribution in [0.1, 0.15) is 24.5 Å². The van der Waals surface area contributed by atoms with Crippen LogP contribution in [0.5, 0.6) is 0 Å². The highest BCUT2D eigenvalue weighted by molar-refractivity contribution is 6.24. The van der Waals surface area contributed by atoms with Crippen LogP contribution in [0.15, 0.2) is 18.2 Å². The molecule has 1 aromatic carbocycles. The number of aryl methyl sites for hydroxylation is 1. The Morgan fingerprint density at radius 3 is 2.61 bits per heavy atom. The molecule has 1 atom stereocenters. The monoisotopic (exact) mass is 272 g/mol. The SMILES string of the molecule is CCC(Cl)(NC(=O)O)c1ccc([N+](=O)[O-])cc1C. The lowest BCUT2D eigenvalue weighted by atomic mass is 9.98. The predicted octanol–water partition coefficient (Wildman–Crippen LogP) is 2.97. The first-order chi connectivity index (χ1) is 8.30. The number of nitro benzene ring substituents is 1. The molecule has 2 N–H and O–H groups in total. The topological polar surface area (TPSA) is 92.5 Å². The summed E-state index contributed by atoms with van der Waals surface area (Å²) < 4.78 is 0. The number of carboxylic acid groups (broad SMARTS) is 1. The minimum absolute atomic E-state index is 0.0540. The third-order valence-corrected chi connectivity index (χ3v) is 3.21. The molecule has 0 aliphatic rings. The quantitative estimate of drug-likeness (QED) is 0.381. The molecule has 18 heavy (non-hydrogen) atoms. The summed E-state index contributed by atoms with van der Waals surface area (Å²) in [6, 6.07) is 4.14. The van der Waals surface area contributed by atoms with E-state index in [0.717, 1.165) is 0 Å². The molecule has 0 fully saturated rings. The van der Waals surface area contributed by atoms with Crippen LogP contribution in [0.25, 0.3) is 0 Å². The minimum atomic E-state index is -1.27. The van der Waals surface area contributed by atoms with Crippen molar-refractivity contribution in [3.05, 3.63) is 39.4 Å². The lowest BCUT2D eigenvalue weighted by Gasteiger charge is -2.27. The number of benzene rings is 1. The maximum atomic E-state index is 10.7. The fraction of sp³-hybridized carbons (Fsp3) is 0.364. The Kier molecular flexibility index (Phi) is 4.13. The van der Waals surface area contributed by atoms with Gasteiger partial charge in [0.15, 0.2) is 0 Å². The Morgan fingerprint density at radius 1 is 1.61 bits per heavy atom. The number of non-ortho nitro benzene ring substituents is 1. The molecule has 0 heterocycles. The molecule has 0 aromatic heterocycles. The zero-order valence-electron chi connectivity index (χ0n) is 9.94. The van der Waals surface area contributed by atoms with Gasteiger partial charge in [0.25, 0.3) is 5.69 Å². The summed E-state index contributed by atoms with van der Waals surface area (Å²) >= 11 is 6.22. The maximum absolute atomic E-state index is 10.7. The van der Waals surface area contributed by atoms with Gasteiger partial charge in [0.1, 0.15) is 5.00 Å². The Bertz CT molecular complexity index is 492. The van der Waals surface area contributed by atoms with Crippen molar-refractivity contribution in [3.63, 3.8) is 0 Å². The highest BCUT2D eigenvalue weighted by atomic mass is 35.5. The van der Waals surface area contributed by atoms with Gasteiger partial charge in [0.2, 0.25) is 0 Å². The Balaban J connectivity index is 3.22. The van der Waals surface area contributed by atoms with Crippen molar-refractivity contribution in [2.45, 2.75) is 25.3 Å². The van der Waals surface area contributed by atoms with E-state index in [1.165, 1.54) is 18.2 Å². The fourth-order valence-corrected chi connectivity index (χ4v) is 2.01. The summed E-state index contributed by atoms with van der Waals surface area (Å²) in [5, 5.41) is 21.6. The van der Waals surface area contributed by atoms with Crippen LogP contribution in [-0.2, 0) is 5.00 Å². The summed E-state index contributed by atoms with van der Waals surface area (Å²) in [6.07, 6.45) is -0.927. The molecule has 6 nitrogen and oxygen atoms in total. The van der Waals surface area contributed by atoms with E-state index >= 15 is 0 Å². The van der Waals surface area contributed by atoms with Crippen LogP contribution in [0.2, 0.25) is 0 Å². The fourth-order valence-electron chi connectivity index (χ4n) is 1.72. The summed E-state index contributed by atoms with van der Waals surface area (Å²) in [4.78, 5) is 19.6. The number of hydrogen-bond acceptors (Lipinski definition) is 3. The van der Waals surface area contributed by atoms with Crippen molar-refractivity contribution in [3.8, 4) is 0 Å². The second-order valence-electron chi connectivity index (χ2n) is 3.84. The van der Waals surface area contributed by atoms with Crippen molar-refractivity contribution in [1.82, 2.24) is 5.32 Å². The third kappa shape index (κ3) is 2.89. The molecular weight excluding hydrogens is 260 g/mol. The summed E-state index contributed by atoms with van der Waals surface area (Å²) in [5.41, 5.74) is 1.02. The number of hydrogen-bond donors (Lipinski definition) is 2. The van der Waals surface area contributed by atoms with Crippen LogP contribution < -0.4 is 5.32 Å². The third-order valence-electron chi connectivity index (χ3n) is 2.64. The van der Waals surface area contributed by atoms with Gasteiger partial charge >= 0.3 is 6.09 Å². The van der Waals surface area contributed by atoms with E-state index < -0.39 is 16.0 Å². The van der Waals surface area contributed by atoms with Crippen molar-refractivity contribution in [2.75, 3.05) is 0 Å². The van der Waals surface area contributed by atoms with Gasteiger partial charge in [0.05, 0.1) is 4.92 Å². The first kappa shape index (κ1) is 14.2. The van der Waals surface area contributed by atoms with Crippen molar-refractivity contribution in [2.24, 2.45) is 0 Å². The summed E-state index contributed by atoms with van der Waals surface area (Å²) in [5.74, 6) is 0. The standard InChI is InChI=1S/C11H13ClN2O4/c1-3-11(12,13-10(15)16)9-5-4-8(14(17)18)6-7(9)2/h4-6,13H,3H2,1-2H3,(H,15,16). The largest absolute Gasteiger partial charge is 0.465 e. The summed E-state index contributed by atoms with van der Waals surface area (Å²) in [6.45, 7) is 3.38. The molecule has 7 heteroatoms. The van der Waals surface area contributed by atoms with Gasteiger partial charge in [-0.05, 0) is 30.5 Å². The van der Waals surface area contributed by atoms with Gasteiger partial charge in [-0.15, -0.1) is 0 Å². The predicted molar refractivity (Wildman–Crippen MR) is 66.8 cm³/mol. The van der Waals surface area contributed by atoms with Crippen LogP contribution in [-0.4, -0.2) is 16.1 Å². The smallest absolute Gasteiger partial charge is 0.406 e. The van der Waals surface area contributed by atoms with Crippen molar-refractivity contribution >= 4 is 23.4 Å². The van der Waals surface area contributed by atoms with Gasteiger partial charge in [-0.3, -0.25) is 15.4 Å². The van der Waals surface area contributed by atoms with E-state index in [4.69, 9.17) is 16.7 Å². The molecule has 0 spiro atoms. The highest BCUT2D eigenvalue weighted by Gasteiger charge is 2.31. The van der Waals surface area contributed by atoms with Crippen molar-refractivity contribution < 1.29 is 14.8 Å². The second kappa shape index (κ2) is 5.22. The number of rotatable bonds is 4. The van der Waals surface area contributed by atoms with Gasteiger partial charge in [-0.1, -0.05) is 18.5 Å². The summed E-state index contributed by atoms with van der Waals surface area (Å²) in [7, 11) is 0. The molecule has 0 saturated carbocycles. The van der Waals surface area contributed by atoms with E-state index in [9.17, 15) is 14.9 Å². The number of amides is 1. The number of nitrogens with zero attached hydrogens (tertiary/aromatic N) is 1. The zero-order valence-corrected chi connectivity index (χ0v) is 10.7. The first-order valence-electron chi connectivity index (χ1n) is 5.25. The molecule has 0 saturated heterocycles. The Hall–Kier alpha value is -1.82. The Morgan fingerprint density at radius 2 is 2.22 bits per heavy atom. The number of nitro groups is 1. The van der Waals surface area contributed by atoms with Crippen LogP contribution in [0.3, 0.4) is 0 Å². The van der Waals surface area contributed by atoms with E-state index in [2.05, 4.69) is 5.32 Å². The van der Waals surface area contributed by atoms with E-state index in [0.29, 0.717) is 17.5 Å². The van der Waals surface area contributed by atoms with Crippen LogP contribution in [0, 0.1) is 17.0 Å². The van der Waals surface area contributed by atoms with Gasteiger partial charge in [0, 0.05) is 12.1 Å². The van der Waals surface area contributed by atoms with E-state index in [1.807, 2.05) is 0 Å². The maximum Gasteiger partial charge on any atom is 0.406 e. The second-order valence-corrected chi connectivity index (χ2v) is 4.49. The van der Waals surface area contributed by atoms with E-state index in [1.54, 1.807) is 13.8 Å². The molecule has 1 aromatic rings. The van der Waals surface area contributed by atoms with Gasteiger partial charge < -0.3 is 5.11 Å². The van der Waals surface area contributed by atoms with Crippen LogP contribution >= 0.6 is 11.6 Å². The number of carbonyl (C=O) groups is 1. The van der Waals surface area contributed by atoms with Gasteiger partial charge in [-0.2, -0.15) is 0 Å².